The number of nitrogens with two attached hydrogens (primary N) is 1. The Bertz CT molecular complexity index is 1060. The molecule has 3 aromatic heterocycles. The molecule has 0 aliphatic rings. The molecule has 0 amide bonds. The third-order valence-corrected chi connectivity index (χ3v) is 4.60. The maximum atomic E-state index is 5.82. The van der Waals surface area contributed by atoms with Crippen LogP contribution in [0, 0.1) is 13.8 Å². The third kappa shape index (κ3) is 3.68. The number of nitrogens with zero attached hydrogens (tertiary/aromatic N) is 5. The number of rotatable bonds is 5. The predicted molar refractivity (Wildman–Crippen MR) is 101 cm³/mol. The summed E-state index contributed by atoms with van der Waals surface area (Å²) in [5.74, 6) is 2.31. The highest BCUT2D eigenvalue weighted by Crippen LogP contribution is 2.33. The van der Waals surface area contributed by atoms with Crippen molar-refractivity contribution in [2.45, 2.75) is 24.8 Å². The highest BCUT2D eigenvalue weighted by molar-refractivity contribution is 7.98. The predicted octanol–water partition coefficient (Wildman–Crippen LogP) is 3.67. The Kier molecular flexibility index (Phi) is 4.59. The third-order valence-electron chi connectivity index (χ3n) is 3.77. The molecule has 0 aliphatic carbocycles. The first-order chi connectivity index (χ1) is 13.1. The average Bonchev–Trinajstić information content (AvgIpc) is 3.26. The minimum atomic E-state index is 0.368. The van der Waals surface area contributed by atoms with E-state index in [-0.39, 0.29) is 0 Å². The van der Waals surface area contributed by atoms with Crippen molar-refractivity contribution in [3.05, 3.63) is 53.7 Å². The van der Waals surface area contributed by atoms with Crippen LogP contribution in [0.4, 0.5) is 5.82 Å². The van der Waals surface area contributed by atoms with Crippen molar-refractivity contribution in [2.24, 2.45) is 0 Å². The number of hydrogen-bond acceptors (Lipinski definition) is 9. The zero-order valence-corrected chi connectivity index (χ0v) is 15.5. The molecule has 0 unspecified atom stereocenters. The molecule has 0 saturated heterocycles. The fraction of sp³-hybridized carbons (Fsp3) is 0.167. The minimum absolute atomic E-state index is 0.368. The summed E-state index contributed by atoms with van der Waals surface area (Å²) < 4.78 is 11.2. The van der Waals surface area contributed by atoms with Crippen molar-refractivity contribution < 1.29 is 8.94 Å². The maximum absolute atomic E-state index is 5.82. The van der Waals surface area contributed by atoms with E-state index in [0.29, 0.717) is 45.5 Å². The van der Waals surface area contributed by atoms with Gasteiger partial charge < -0.3 is 14.7 Å². The van der Waals surface area contributed by atoms with Gasteiger partial charge in [0, 0.05) is 17.3 Å². The fourth-order valence-electron chi connectivity index (χ4n) is 2.59. The molecular weight excluding hydrogens is 364 g/mol. The lowest BCUT2D eigenvalue weighted by Gasteiger charge is -2.00. The second-order valence-electron chi connectivity index (χ2n) is 5.83. The van der Waals surface area contributed by atoms with Crippen LogP contribution in [0.3, 0.4) is 0 Å². The van der Waals surface area contributed by atoms with Crippen molar-refractivity contribution in [2.75, 3.05) is 5.73 Å². The van der Waals surface area contributed by atoms with Gasteiger partial charge >= 0.3 is 0 Å². The van der Waals surface area contributed by atoms with Crippen LogP contribution in [-0.4, -0.2) is 25.3 Å². The average molecular weight is 380 g/mol. The van der Waals surface area contributed by atoms with Gasteiger partial charge in [-0.25, -0.2) is 9.97 Å². The Hall–Kier alpha value is -3.20. The quantitative estimate of drug-likeness (QED) is 0.408. The molecule has 0 atom stereocenters. The summed E-state index contributed by atoms with van der Waals surface area (Å²) in [5, 5.41) is 13.0. The van der Waals surface area contributed by atoms with Crippen molar-refractivity contribution >= 4 is 17.6 Å². The number of aromatic nitrogens is 5. The number of benzene rings is 1. The van der Waals surface area contributed by atoms with Crippen LogP contribution in [0.15, 0.2) is 50.5 Å². The molecular formula is C18H16N6O2S. The number of thioether (sulfide) groups is 1. The van der Waals surface area contributed by atoms with E-state index in [1.54, 1.807) is 6.07 Å². The highest BCUT2D eigenvalue weighted by atomic mass is 32.2. The Balaban J connectivity index is 1.57. The minimum Gasteiger partial charge on any atom is -0.420 e. The topological polar surface area (TPSA) is 117 Å². The van der Waals surface area contributed by atoms with Gasteiger partial charge in [-0.3, -0.25) is 0 Å². The van der Waals surface area contributed by atoms with Gasteiger partial charge in [0.25, 0.3) is 5.89 Å². The van der Waals surface area contributed by atoms with Crippen LogP contribution in [0.5, 0.6) is 0 Å². The van der Waals surface area contributed by atoms with Gasteiger partial charge in [-0.15, -0.1) is 10.2 Å². The zero-order chi connectivity index (χ0) is 18.8. The lowest BCUT2D eigenvalue weighted by Crippen LogP contribution is -1.96. The summed E-state index contributed by atoms with van der Waals surface area (Å²) in [7, 11) is 0. The summed E-state index contributed by atoms with van der Waals surface area (Å²) in [6, 6.07) is 11.4. The van der Waals surface area contributed by atoms with Gasteiger partial charge in [0.2, 0.25) is 5.89 Å². The smallest absolute Gasteiger partial charge is 0.253 e. The molecule has 27 heavy (non-hydrogen) atoms. The summed E-state index contributed by atoms with van der Waals surface area (Å²) in [5.41, 5.74) is 8.85. The molecule has 9 heteroatoms. The molecule has 1 aromatic carbocycles. The van der Waals surface area contributed by atoms with E-state index in [2.05, 4.69) is 25.3 Å². The number of hydrogen-bond donors (Lipinski definition) is 1. The molecule has 0 saturated carbocycles. The van der Waals surface area contributed by atoms with E-state index in [1.807, 2.05) is 44.2 Å². The molecule has 0 fully saturated rings. The summed E-state index contributed by atoms with van der Waals surface area (Å²) >= 11 is 1.38. The first-order valence-corrected chi connectivity index (χ1v) is 9.17. The molecule has 0 bridgehead atoms. The maximum Gasteiger partial charge on any atom is 0.253 e. The molecule has 0 spiro atoms. The Labute approximate surface area is 159 Å². The summed E-state index contributed by atoms with van der Waals surface area (Å²) in [4.78, 5) is 8.52. The highest BCUT2D eigenvalue weighted by Gasteiger charge is 2.22. The van der Waals surface area contributed by atoms with E-state index in [0.717, 1.165) is 11.3 Å². The molecule has 0 aliphatic heterocycles. The summed E-state index contributed by atoms with van der Waals surface area (Å²) in [6.45, 7) is 3.68. The van der Waals surface area contributed by atoms with Crippen LogP contribution in [-0.2, 0) is 5.75 Å². The van der Waals surface area contributed by atoms with Crippen molar-refractivity contribution in [1.29, 1.82) is 0 Å². The van der Waals surface area contributed by atoms with Gasteiger partial charge in [-0.2, -0.15) is 0 Å². The molecule has 2 N–H and O–H groups in total. The molecule has 4 aromatic rings. The number of nitrogen functional groups attached to an aromatic ring is 1. The van der Waals surface area contributed by atoms with E-state index >= 15 is 0 Å². The van der Waals surface area contributed by atoms with Crippen molar-refractivity contribution in [3.63, 3.8) is 0 Å². The second kappa shape index (κ2) is 7.20. The van der Waals surface area contributed by atoms with E-state index in [9.17, 15) is 0 Å². The van der Waals surface area contributed by atoms with E-state index < -0.39 is 0 Å². The van der Waals surface area contributed by atoms with E-state index in [4.69, 9.17) is 14.7 Å². The second-order valence-corrected chi connectivity index (χ2v) is 6.78. The number of aryl methyl sites for hydroxylation is 2. The molecule has 0 radical (unpaired) electrons. The normalized spacial score (nSPS) is 11.0. The Morgan fingerprint density at radius 3 is 2.67 bits per heavy atom. The van der Waals surface area contributed by atoms with Crippen LogP contribution < -0.4 is 5.73 Å². The SMILES string of the molecule is Cc1cc(N)nc(SCc2nnc(-c3c(-c4ccccc4)noc3C)o2)n1. The number of anilines is 1. The fourth-order valence-corrected chi connectivity index (χ4v) is 3.33. The monoisotopic (exact) mass is 380 g/mol. The zero-order valence-electron chi connectivity index (χ0n) is 14.7. The van der Waals surface area contributed by atoms with Crippen LogP contribution in [0.2, 0.25) is 0 Å². The van der Waals surface area contributed by atoms with Gasteiger partial charge in [0.1, 0.15) is 22.8 Å². The van der Waals surface area contributed by atoms with Gasteiger partial charge in [0.05, 0.1) is 5.75 Å². The molecule has 136 valence electrons. The van der Waals surface area contributed by atoms with Gasteiger partial charge in [-0.05, 0) is 13.8 Å². The van der Waals surface area contributed by atoms with E-state index in [1.165, 1.54) is 11.8 Å². The lowest BCUT2D eigenvalue weighted by molar-refractivity contribution is 0.399. The van der Waals surface area contributed by atoms with Crippen LogP contribution in [0.1, 0.15) is 17.3 Å². The molecule has 4 rings (SSSR count). The van der Waals surface area contributed by atoms with Crippen molar-refractivity contribution in [3.8, 4) is 22.7 Å². The first-order valence-electron chi connectivity index (χ1n) is 8.18. The summed E-state index contributed by atoms with van der Waals surface area (Å²) in [6.07, 6.45) is 0. The molecule has 8 nitrogen and oxygen atoms in total. The Morgan fingerprint density at radius 1 is 1.07 bits per heavy atom. The van der Waals surface area contributed by atoms with Crippen molar-refractivity contribution in [1.82, 2.24) is 25.3 Å². The standard InChI is InChI=1S/C18H16N6O2S/c1-10-8-13(19)21-18(20-10)27-9-14-22-23-17(25-14)15-11(2)26-24-16(15)12-6-4-3-5-7-12/h3-8H,9H2,1-2H3,(H2,19,20,21). The van der Waals surface area contributed by atoms with Gasteiger partial charge in [-0.1, -0.05) is 47.3 Å². The lowest BCUT2D eigenvalue weighted by atomic mass is 10.1. The van der Waals surface area contributed by atoms with Crippen LogP contribution >= 0.6 is 11.8 Å². The molecule has 3 heterocycles. The van der Waals surface area contributed by atoms with Gasteiger partial charge in [0.15, 0.2) is 5.16 Å². The largest absolute Gasteiger partial charge is 0.420 e. The first kappa shape index (κ1) is 17.2. The Morgan fingerprint density at radius 2 is 1.89 bits per heavy atom. The van der Waals surface area contributed by atoms with Crippen LogP contribution in [0.25, 0.3) is 22.7 Å².